The molecule has 0 fully saturated rings. The van der Waals surface area contributed by atoms with Crippen LogP contribution in [-0.4, -0.2) is 33.9 Å². The maximum absolute atomic E-state index is 12.1. The molecule has 10 heteroatoms. The molecule has 3 aromatic rings. The summed E-state index contributed by atoms with van der Waals surface area (Å²) in [5.41, 5.74) is 9.70. The molecular weight excluding hydrogens is 368 g/mol. The Bertz CT molecular complexity index is 1180. The van der Waals surface area contributed by atoms with Gasteiger partial charge in [0.25, 0.3) is 0 Å². The highest BCUT2D eigenvalue weighted by Gasteiger charge is 2.29. The van der Waals surface area contributed by atoms with E-state index in [-0.39, 0.29) is 16.6 Å². The molecule has 0 amide bonds. The molecule has 9 nitrogen and oxygen atoms in total. The SMILES string of the molecule is CC(=O)c1nn(-c2ccc(S(N)(=O)=O)cc2)c2c1CCc1cnc(N)nc1-2. The summed E-state index contributed by atoms with van der Waals surface area (Å²) in [5, 5.41) is 9.62. The van der Waals surface area contributed by atoms with Gasteiger partial charge in [-0.3, -0.25) is 4.79 Å². The third kappa shape index (κ3) is 2.88. The van der Waals surface area contributed by atoms with Crippen LogP contribution in [0.1, 0.15) is 28.5 Å². The van der Waals surface area contributed by atoms with E-state index in [9.17, 15) is 13.2 Å². The van der Waals surface area contributed by atoms with Crippen molar-refractivity contribution in [1.29, 1.82) is 0 Å². The van der Waals surface area contributed by atoms with E-state index in [1.165, 1.54) is 19.1 Å². The summed E-state index contributed by atoms with van der Waals surface area (Å²) in [7, 11) is -3.80. The zero-order valence-corrected chi connectivity index (χ0v) is 15.2. The van der Waals surface area contributed by atoms with Crippen LogP contribution >= 0.6 is 0 Å². The summed E-state index contributed by atoms with van der Waals surface area (Å²) in [4.78, 5) is 20.5. The number of rotatable bonds is 3. The van der Waals surface area contributed by atoms with Crippen molar-refractivity contribution < 1.29 is 13.2 Å². The van der Waals surface area contributed by atoms with Crippen LogP contribution in [0.15, 0.2) is 35.4 Å². The Labute approximate surface area is 155 Å². The van der Waals surface area contributed by atoms with Gasteiger partial charge in [0.15, 0.2) is 5.78 Å². The molecule has 138 valence electrons. The maximum atomic E-state index is 12.1. The number of carbonyl (C=O) groups is 1. The van der Waals surface area contributed by atoms with Crippen LogP contribution < -0.4 is 10.9 Å². The smallest absolute Gasteiger partial charge is 0.238 e. The third-order valence-corrected chi connectivity index (χ3v) is 5.41. The van der Waals surface area contributed by atoms with E-state index in [4.69, 9.17) is 10.9 Å². The van der Waals surface area contributed by atoms with Crippen LogP contribution in [-0.2, 0) is 22.9 Å². The van der Waals surface area contributed by atoms with Crippen molar-refractivity contribution in [3.63, 3.8) is 0 Å². The van der Waals surface area contributed by atoms with Gasteiger partial charge in [0.05, 0.1) is 22.0 Å². The number of hydrogen-bond donors (Lipinski definition) is 2. The summed E-state index contributed by atoms with van der Waals surface area (Å²) in [6, 6.07) is 5.94. The van der Waals surface area contributed by atoms with Crippen LogP contribution in [0.2, 0.25) is 0 Å². The molecule has 2 heterocycles. The van der Waals surface area contributed by atoms with Crippen molar-refractivity contribution >= 4 is 21.8 Å². The van der Waals surface area contributed by atoms with E-state index in [2.05, 4.69) is 15.1 Å². The highest BCUT2D eigenvalue weighted by atomic mass is 32.2. The molecule has 0 bridgehead atoms. The molecule has 1 aliphatic rings. The van der Waals surface area contributed by atoms with Crippen molar-refractivity contribution in [2.45, 2.75) is 24.7 Å². The van der Waals surface area contributed by atoms with Gasteiger partial charge in [-0.25, -0.2) is 28.2 Å². The molecule has 2 aromatic heterocycles. The monoisotopic (exact) mass is 384 g/mol. The average Bonchev–Trinajstić information content (AvgIpc) is 3.01. The molecule has 27 heavy (non-hydrogen) atoms. The van der Waals surface area contributed by atoms with E-state index in [0.29, 0.717) is 35.6 Å². The van der Waals surface area contributed by atoms with Gasteiger partial charge >= 0.3 is 0 Å². The summed E-state index contributed by atoms with van der Waals surface area (Å²) in [6.07, 6.45) is 2.98. The van der Waals surface area contributed by atoms with Crippen molar-refractivity contribution in [1.82, 2.24) is 19.7 Å². The Morgan fingerprint density at radius 1 is 1.19 bits per heavy atom. The second-order valence-corrected chi connectivity index (χ2v) is 7.85. The fraction of sp³-hybridized carbons (Fsp3) is 0.176. The van der Waals surface area contributed by atoms with Gasteiger partial charge in [0, 0.05) is 18.7 Å². The molecule has 0 aliphatic heterocycles. The number of aromatic nitrogens is 4. The first kappa shape index (κ1) is 17.3. The lowest BCUT2D eigenvalue weighted by Crippen LogP contribution is -2.13. The summed E-state index contributed by atoms with van der Waals surface area (Å²) >= 11 is 0. The first-order chi connectivity index (χ1) is 12.8. The van der Waals surface area contributed by atoms with Crippen molar-refractivity contribution in [3.8, 4) is 17.1 Å². The molecule has 0 unspecified atom stereocenters. The molecule has 0 spiro atoms. The minimum absolute atomic E-state index is 0.00830. The van der Waals surface area contributed by atoms with E-state index in [1.807, 2.05) is 0 Å². The first-order valence-electron chi connectivity index (χ1n) is 8.13. The molecule has 1 aromatic carbocycles. The maximum Gasteiger partial charge on any atom is 0.238 e. The lowest BCUT2D eigenvalue weighted by molar-refractivity contribution is 0.101. The number of anilines is 1. The van der Waals surface area contributed by atoms with Crippen molar-refractivity contribution in [3.05, 3.63) is 47.3 Å². The zero-order chi connectivity index (χ0) is 19.3. The van der Waals surface area contributed by atoms with Gasteiger partial charge in [-0.05, 0) is 42.7 Å². The fourth-order valence-corrected chi connectivity index (χ4v) is 3.76. The number of hydrogen-bond acceptors (Lipinski definition) is 7. The topological polar surface area (TPSA) is 147 Å². The number of Topliss-reactive ketones (excluding diaryl/α,β-unsaturated/α-hetero) is 1. The minimum atomic E-state index is -3.80. The van der Waals surface area contributed by atoms with Gasteiger partial charge in [-0.1, -0.05) is 0 Å². The number of sulfonamides is 1. The Balaban J connectivity index is 1.96. The van der Waals surface area contributed by atoms with Crippen LogP contribution in [0.5, 0.6) is 0 Å². The van der Waals surface area contributed by atoms with Crippen LogP contribution in [0.3, 0.4) is 0 Å². The number of nitrogen functional groups attached to an aromatic ring is 1. The molecule has 0 atom stereocenters. The molecular formula is C17H16N6O3S. The predicted molar refractivity (Wildman–Crippen MR) is 97.8 cm³/mol. The quantitative estimate of drug-likeness (QED) is 0.636. The molecule has 4 N–H and O–H groups in total. The molecule has 1 aliphatic carbocycles. The fourth-order valence-electron chi connectivity index (χ4n) is 3.25. The highest BCUT2D eigenvalue weighted by Crippen LogP contribution is 2.36. The Morgan fingerprint density at radius 2 is 1.89 bits per heavy atom. The Kier molecular flexibility index (Phi) is 3.82. The number of fused-ring (bicyclic) bond motifs is 3. The average molecular weight is 384 g/mol. The number of ketones is 1. The van der Waals surface area contributed by atoms with E-state index in [1.54, 1.807) is 23.0 Å². The lowest BCUT2D eigenvalue weighted by Gasteiger charge is -2.17. The third-order valence-electron chi connectivity index (χ3n) is 4.48. The summed E-state index contributed by atoms with van der Waals surface area (Å²) in [5.74, 6) is -0.0278. The Hall–Kier alpha value is -3.11. The van der Waals surface area contributed by atoms with Gasteiger partial charge in [0.2, 0.25) is 16.0 Å². The van der Waals surface area contributed by atoms with Crippen LogP contribution in [0.4, 0.5) is 5.95 Å². The Morgan fingerprint density at radius 3 is 2.52 bits per heavy atom. The van der Waals surface area contributed by atoms with Crippen LogP contribution in [0.25, 0.3) is 17.1 Å². The predicted octanol–water partition coefficient (Wildman–Crippen LogP) is 0.860. The number of benzene rings is 1. The minimum Gasteiger partial charge on any atom is -0.368 e. The van der Waals surface area contributed by atoms with E-state index < -0.39 is 10.0 Å². The van der Waals surface area contributed by atoms with E-state index in [0.717, 1.165) is 11.1 Å². The summed E-state index contributed by atoms with van der Waals surface area (Å²) in [6.45, 7) is 1.46. The van der Waals surface area contributed by atoms with Gasteiger partial charge < -0.3 is 5.73 Å². The number of aryl methyl sites for hydroxylation is 1. The number of carbonyl (C=O) groups excluding carboxylic acids is 1. The van der Waals surface area contributed by atoms with Crippen LogP contribution in [0, 0.1) is 0 Å². The van der Waals surface area contributed by atoms with Crippen molar-refractivity contribution in [2.24, 2.45) is 5.14 Å². The standard InChI is InChI=1S/C17H16N6O3S/c1-9(24)14-13-7-2-10-8-20-17(18)21-15(10)16(13)23(22-14)11-3-5-12(6-4-11)27(19,25)26/h3-6,8H,2,7H2,1H3,(H2,18,20,21)(H2,19,25,26). The molecule has 4 rings (SSSR count). The molecule has 0 radical (unpaired) electrons. The second kappa shape index (κ2) is 5.96. The lowest BCUT2D eigenvalue weighted by atomic mass is 9.92. The first-order valence-corrected chi connectivity index (χ1v) is 9.68. The van der Waals surface area contributed by atoms with E-state index >= 15 is 0 Å². The normalized spacial score (nSPS) is 13.1. The molecule has 0 saturated carbocycles. The van der Waals surface area contributed by atoms with Gasteiger partial charge in [-0.15, -0.1) is 0 Å². The number of nitrogens with zero attached hydrogens (tertiary/aromatic N) is 4. The van der Waals surface area contributed by atoms with Gasteiger partial charge in [0.1, 0.15) is 5.69 Å². The number of nitrogens with two attached hydrogens (primary N) is 2. The second-order valence-electron chi connectivity index (χ2n) is 6.28. The molecule has 0 saturated heterocycles. The summed E-state index contributed by atoms with van der Waals surface area (Å²) < 4.78 is 24.6. The number of primary sulfonamides is 1. The largest absolute Gasteiger partial charge is 0.368 e. The zero-order valence-electron chi connectivity index (χ0n) is 14.4. The van der Waals surface area contributed by atoms with Gasteiger partial charge in [-0.2, -0.15) is 5.10 Å². The van der Waals surface area contributed by atoms with Crippen molar-refractivity contribution in [2.75, 3.05) is 5.73 Å². The highest BCUT2D eigenvalue weighted by molar-refractivity contribution is 7.89.